The largest absolute Gasteiger partial charge is 0.478 e. The monoisotopic (exact) mass is 323 g/mol. The van der Waals surface area contributed by atoms with Crippen LogP contribution in [0.15, 0.2) is 39.2 Å². The molecule has 0 bridgehead atoms. The summed E-state index contributed by atoms with van der Waals surface area (Å²) in [4.78, 5) is 22.8. The molecule has 1 amide bonds. The van der Waals surface area contributed by atoms with Crippen LogP contribution in [0.4, 0.5) is 5.69 Å². The van der Waals surface area contributed by atoms with E-state index in [0.717, 1.165) is 0 Å². The fourth-order valence-electron chi connectivity index (χ4n) is 1.49. The maximum atomic E-state index is 11.9. The third-order valence-electron chi connectivity index (χ3n) is 2.43. The molecule has 2 aromatic rings. The molecule has 0 saturated heterocycles. The second-order valence-corrected chi connectivity index (χ2v) is 4.72. The van der Waals surface area contributed by atoms with E-state index in [4.69, 9.17) is 9.52 Å². The number of aryl methyl sites for hydroxylation is 1. The molecule has 0 spiro atoms. The Bertz CT molecular complexity index is 648. The number of carboxylic acids is 1. The predicted octanol–water partition coefficient (Wildman–Crippen LogP) is 3.30. The standard InChI is InChI=1S/C13H10BrNO4/c1-7-2-5-11(19-7)12(16)15-10-6-8(13(17)18)3-4-9(10)14/h2-6H,1H3,(H,15,16)(H,17,18). The normalized spacial score (nSPS) is 10.2. The number of carbonyl (C=O) groups excluding carboxylic acids is 1. The molecule has 19 heavy (non-hydrogen) atoms. The summed E-state index contributed by atoms with van der Waals surface area (Å²) in [5.41, 5.74) is 0.466. The van der Waals surface area contributed by atoms with E-state index >= 15 is 0 Å². The summed E-state index contributed by atoms with van der Waals surface area (Å²) in [7, 11) is 0. The lowest BCUT2D eigenvalue weighted by atomic mass is 10.2. The second-order valence-electron chi connectivity index (χ2n) is 3.86. The molecule has 1 heterocycles. The molecule has 2 rings (SSSR count). The van der Waals surface area contributed by atoms with Crippen LogP contribution in [0.25, 0.3) is 0 Å². The maximum Gasteiger partial charge on any atom is 0.335 e. The van der Waals surface area contributed by atoms with Crippen molar-refractivity contribution in [2.24, 2.45) is 0 Å². The van der Waals surface area contributed by atoms with Crippen LogP contribution in [0.2, 0.25) is 0 Å². The number of anilines is 1. The van der Waals surface area contributed by atoms with Gasteiger partial charge in [-0.05, 0) is 53.2 Å². The van der Waals surface area contributed by atoms with E-state index in [1.54, 1.807) is 25.1 Å². The summed E-state index contributed by atoms with van der Waals surface area (Å²) in [5, 5.41) is 11.5. The minimum absolute atomic E-state index is 0.0918. The van der Waals surface area contributed by atoms with Crippen molar-refractivity contribution < 1.29 is 19.1 Å². The maximum absolute atomic E-state index is 11.9. The molecule has 0 atom stereocenters. The molecule has 0 fully saturated rings. The van der Waals surface area contributed by atoms with E-state index < -0.39 is 11.9 Å². The molecule has 1 aromatic carbocycles. The van der Waals surface area contributed by atoms with Gasteiger partial charge < -0.3 is 14.8 Å². The molecule has 0 aliphatic heterocycles. The van der Waals surface area contributed by atoms with E-state index in [2.05, 4.69) is 21.2 Å². The van der Waals surface area contributed by atoms with Gasteiger partial charge in [-0.25, -0.2) is 4.79 Å². The van der Waals surface area contributed by atoms with Crippen molar-refractivity contribution in [3.05, 3.63) is 51.9 Å². The molecule has 98 valence electrons. The third kappa shape index (κ3) is 3.03. The Morgan fingerprint density at radius 3 is 2.58 bits per heavy atom. The van der Waals surface area contributed by atoms with Crippen molar-refractivity contribution in [1.82, 2.24) is 0 Å². The Balaban J connectivity index is 2.25. The van der Waals surface area contributed by atoms with Crippen molar-refractivity contribution in [1.29, 1.82) is 0 Å². The van der Waals surface area contributed by atoms with Crippen molar-refractivity contribution in [3.8, 4) is 0 Å². The number of carboxylic acid groups (broad SMARTS) is 1. The van der Waals surface area contributed by atoms with Crippen LogP contribution in [-0.4, -0.2) is 17.0 Å². The molecule has 0 aliphatic carbocycles. The number of benzene rings is 1. The Kier molecular flexibility index (Phi) is 3.71. The summed E-state index contributed by atoms with van der Waals surface area (Å²) in [6.07, 6.45) is 0. The lowest BCUT2D eigenvalue weighted by molar-refractivity contribution is 0.0696. The zero-order valence-electron chi connectivity index (χ0n) is 9.94. The highest BCUT2D eigenvalue weighted by Gasteiger charge is 2.13. The summed E-state index contributed by atoms with van der Waals surface area (Å²) >= 11 is 3.25. The van der Waals surface area contributed by atoms with E-state index in [1.807, 2.05) is 0 Å². The minimum Gasteiger partial charge on any atom is -0.478 e. The SMILES string of the molecule is Cc1ccc(C(=O)Nc2cc(C(=O)O)ccc2Br)o1. The number of nitrogens with one attached hydrogen (secondary N) is 1. The molecule has 5 nitrogen and oxygen atoms in total. The highest BCUT2D eigenvalue weighted by atomic mass is 79.9. The molecule has 6 heteroatoms. The summed E-state index contributed by atoms with van der Waals surface area (Å²) < 4.78 is 5.78. The Morgan fingerprint density at radius 1 is 1.26 bits per heavy atom. The average molecular weight is 324 g/mol. The van der Waals surface area contributed by atoms with Gasteiger partial charge in [-0.15, -0.1) is 0 Å². The number of amides is 1. The number of rotatable bonds is 3. The van der Waals surface area contributed by atoms with E-state index in [1.165, 1.54) is 12.1 Å². The van der Waals surface area contributed by atoms with Gasteiger partial charge in [0.15, 0.2) is 5.76 Å². The molecule has 0 unspecified atom stereocenters. The lowest BCUT2D eigenvalue weighted by Crippen LogP contribution is -2.12. The second kappa shape index (κ2) is 5.27. The lowest BCUT2D eigenvalue weighted by Gasteiger charge is -2.07. The minimum atomic E-state index is -1.06. The van der Waals surface area contributed by atoms with E-state index in [0.29, 0.717) is 15.9 Å². The predicted molar refractivity (Wildman–Crippen MR) is 72.5 cm³/mol. The van der Waals surface area contributed by atoms with Gasteiger partial charge in [0.1, 0.15) is 5.76 Å². The first-order valence-electron chi connectivity index (χ1n) is 5.38. The van der Waals surface area contributed by atoms with Crippen molar-refractivity contribution in [2.45, 2.75) is 6.92 Å². The highest BCUT2D eigenvalue weighted by Crippen LogP contribution is 2.24. The fourth-order valence-corrected chi connectivity index (χ4v) is 1.84. The number of aromatic carboxylic acids is 1. The van der Waals surface area contributed by atoms with Gasteiger partial charge in [-0.1, -0.05) is 0 Å². The Hall–Kier alpha value is -2.08. The Labute approximate surface area is 117 Å². The number of furan rings is 1. The summed E-state index contributed by atoms with van der Waals surface area (Å²) in [6.45, 7) is 1.73. The Morgan fingerprint density at radius 2 is 2.00 bits per heavy atom. The zero-order chi connectivity index (χ0) is 14.0. The van der Waals surface area contributed by atoms with Crippen LogP contribution in [-0.2, 0) is 0 Å². The first-order valence-corrected chi connectivity index (χ1v) is 6.17. The molecular weight excluding hydrogens is 314 g/mol. The van der Waals surface area contributed by atoms with Crippen LogP contribution in [0.5, 0.6) is 0 Å². The van der Waals surface area contributed by atoms with Crippen LogP contribution >= 0.6 is 15.9 Å². The zero-order valence-corrected chi connectivity index (χ0v) is 11.5. The van der Waals surface area contributed by atoms with Gasteiger partial charge in [-0.3, -0.25) is 4.79 Å². The van der Waals surface area contributed by atoms with Gasteiger partial charge in [0, 0.05) is 4.47 Å². The smallest absolute Gasteiger partial charge is 0.335 e. The molecule has 1 aromatic heterocycles. The van der Waals surface area contributed by atoms with E-state index in [9.17, 15) is 9.59 Å². The van der Waals surface area contributed by atoms with E-state index in [-0.39, 0.29) is 11.3 Å². The number of halogens is 1. The summed E-state index contributed by atoms with van der Waals surface area (Å²) in [6, 6.07) is 7.61. The molecular formula is C13H10BrNO4. The summed E-state index contributed by atoms with van der Waals surface area (Å²) in [5.74, 6) is -0.693. The highest BCUT2D eigenvalue weighted by molar-refractivity contribution is 9.10. The fraction of sp³-hybridized carbons (Fsp3) is 0.0769. The van der Waals surface area contributed by atoms with Gasteiger partial charge in [0.25, 0.3) is 5.91 Å². The topological polar surface area (TPSA) is 79.5 Å². The first-order chi connectivity index (χ1) is 8.97. The quantitative estimate of drug-likeness (QED) is 0.908. The van der Waals surface area contributed by atoms with Crippen molar-refractivity contribution in [2.75, 3.05) is 5.32 Å². The van der Waals surface area contributed by atoms with Gasteiger partial charge >= 0.3 is 5.97 Å². The average Bonchev–Trinajstić information content (AvgIpc) is 2.78. The van der Waals surface area contributed by atoms with Gasteiger partial charge in [0.05, 0.1) is 11.3 Å². The van der Waals surface area contributed by atoms with Gasteiger partial charge in [0.2, 0.25) is 0 Å². The van der Waals surface area contributed by atoms with Gasteiger partial charge in [-0.2, -0.15) is 0 Å². The van der Waals surface area contributed by atoms with Crippen LogP contribution in [0.3, 0.4) is 0 Å². The van der Waals surface area contributed by atoms with Crippen LogP contribution in [0.1, 0.15) is 26.7 Å². The molecule has 0 aliphatic rings. The van der Waals surface area contributed by atoms with Crippen molar-refractivity contribution in [3.63, 3.8) is 0 Å². The molecule has 2 N–H and O–H groups in total. The van der Waals surface area contributed by atoms with Crippen LogP contribution in [0, 0.1) is 6.92 Å². The number of hydrogen-bond acceptors (Lipinski definition) is 3. The van der Waals surface area contributed by atoms with Crippen molar-refractivity contribution >= 4 is 33.5 Å². The first kappa shape index (κ1) is 13.4. The third-order valence-corrected chi connectivity index (χ3v) is 3.12. The number of carbonyl (C=O) groups is 2. The molecule has 0 radical (unpaired) electrons. The van der Waals surface area contributed by atoms with Crippen LogP contribution < -0.4 is 5.32 Å². The number of hydrogen-bond donors (Lipinski definition) is 2. The molecule has 0 saturated carbocycles.